The van der Waals surface area contributed by atoms with Crippen molar-refractivity contribution in [3.05, 3.63) is 0 Å². The predicted octanol–water partition coefficient (Wildman–Crippen LogP) is 0.750. The van der Waals surface area contributed by atoms with Crippen molar-refractivity contribution in [1.82, 2.24) is 5.32 Å². The van der Waals surface area contributed by atoms with Crippen LogP contribution >= 0.6 is 0 Å². The molecule has 0 unspecified atom stereocenters. The molecule has 0 aromatic rings. The lowest BCUT2D eigenvalue weighted by Crippen LogP contribution is -2.50. The van der Waals surface area contributed by atoms with E-state index in [0.717, 1.165) is 25.7 Å². The zero-order valence-electron chi connectivity index (χ0n) is 12.8. The van der Waals surface area contributed by atoms with Gasteiger partial charge in [0.05, 0.1) is 11.0 Å². The minimum absolute atomic E-state index is 0.0864. The number of rotatable bonds is 10. The van der Waals surface area contributed by atoms with Crippen molar-refractivity contribution in [2.75, 3.05) is 5.75 Å². The number of hydrogen-bond acceptors (Lipinski definition) is 4. The van der Waals surface area contributed by atoms with E-state index in [4.69, 9.17) is 5.73 Å². The van der Waals surface area contributed by atoms with Crippen LogP contribution in [0.5, 0.6) is 0 Å². The molecule has 1 saturated carbocycles. The van der Waals surface area contributed by atoms with Crippen molar-refractivity contribution < 1.29 is 18.0 Å². The van der Waals surface area contributed by atoms with Crippen molar-refractivity contribution in [1.29, 1.82) is 0 Å². The Kier molecular flexibility index (Phi) is 6.64. The standard InChI is InChI=1S/C14H26N2O4S/c1-3-5-11(6-4-2)21(19,20)9-12(13(15)17)16-14(18)10-7-8-10/h10-12H,3-9H2,1-2H3,(H2,15,17)(H,16,18)/t12-/m1/s1. The van der Waals surface area contributed by atoms with Gasteiger partial charge < -0.3 is 11.1 Å². The molecule has 7 heteroatoms. The molecule has 0 aliphatic heterocycles. The first-order valence-electron chi connectivity index (χ1n) is 7.63. The van der Waals surface area contributed by atoms with Gasteiger partial charge in [-0.2, -0.15) is 0 Å². The smallest absolute Gasteiger partial charge is 0.241 e. The summed E-state index contributed by atoms with van der Waals surface area (Å²) in [6.07, 6.45) is 4.24. The quantitative estimate of drug-likeness (QED) is 0.620. The van der Waals surface area contributed by atoms with Gasteiger partial charge in [0, 0.05) is 5.92 Å². The van der Waals surface area contributed by atoms with Gasteiger partial charge in [-0.15, -0.1) is 0 Å². The van der Waals surface area contributed by atoms with Gasteiger partial charge in [-0.3, -0.25) is 9.59 Å². The average molecular weight is 318 g/mol. The Balaban J connectivity index is 2.74. The first-order valence-corrected chi connectivity index (χ1v) is 9.34. The molecule has 6 nitrogen and oxygen atoms in total. The fourth-order valence-corrected chi connectivity index (χ4v) is 4.52. The van der Waals surface area contributed by atoms with E-state index in [-0.39, 0.29) is 11.8 Å². The van der Waals surface area contributed by atoms with Crippen LogP contribution in [0.2, 0.25) is 0 Å². The van der Waals surface area contributed by atoms with Crippen LogP contribution in [-0.4, -0.2) is 37.3 Å². The van der Waals surface area contributed by atoms with Gasteiger partial charge in [-0.25, -0.2) is 8.42 Å². The monoisotopic (exact) mass is 318 g/mol. The maximum absolute atomic E-state index is 12.4. The van der Waals surface area contributed by atoms with Gasteiger partial charge in [0.2, 0.25) is 11.8 Å². The normalized spacial score (nSPS) is 16.7. The average Bonchev–Trinajstić information content (AvgIpc) is 3.21. The Morgan fingerprint density at radius 3 is 2.10 bits per heavy atom. The molecule has 1 fully saturated rings. The molecule has 122 valence electrons. The first-order chi connectivity index (χ1) is 9.81. The van der Waals surface area contributed by atoms with Crippen LogP contribution in [0.25, 0.3) is 0 Å². The number of amides is 2. The van der Waals surface area contributed by atoms with Crippen LogP contribution in [0.15, 0.2) is 0 Å². The van der Waals surface area contributed by atoms with Gasteiger partial charge in [-0.05, 0) is 25.7 Å². The molecule has 0 radical (unpaired) electrons. The molecular weight excluding hydrogens is 292 g/mol. The molecule has 2 amide bonds. The van der Waals surface area contributed by atoms with Crippen LogP contribution in [0.4, 0.5) is 0 Å². The number of nitrogens with one attached hydrogen (secondary N) is 1. The molecule has 1 atom stereocenters. The van der Waals surface area contributed by atoms with Gasteiger partial charge in [0.25, 0.3) is 0 Å². The van der Waals surface area contributed by atoms with E-state index in [2.05, 4.69) is 5.32 Å². The minimum atomic E-state index is -3.46. The molecule has 21 heavy (non-hydrogen) atoms. The van der Waals surface area contributed by atoms with E-state index in [9.17, 15) is 18.0 Å². The van der Waals surface area contributed by atoms with E-state index in [1.165, 1.54) is 0 Å². The molecule has 0 heterocycles. The van der Waals surface area contributed by atoms with E-state index in [1.54, 1.807) is 0 Å². The zero-order chi connectivity index (χ0) is 16.0. The minimum Gasteiger partial charge on any atom is -0.368 e. The Labute approximate surface area is 126 Å². The summed E-state index contributed by atoms with van der Waals surface area (Å²) in [7, 11) is -3.46. The summed E-state index contributed by atoms with van der Waals surface area (Å²) in [4.78, 5) is 23.2. The van der Waals surface area contributed by atoms with Crippen LogP contribution in [0, 0.1) is 5.92 Å². The van der Waals surface area contributed by atoms with Gasteiger partial charge in [-0.1, -0.05) is 26.7 Å². The van der Waals surface area contributed by atoms with Gasteiger partial charge >= 0.3 is 0 Å². The Morgan fingerprint density at radius 2 is 1.71 bits per heavy atom. The highest BCUT2D eigenvalue weighted by Gasteiger charge is 2.35. The summed E-state index contributed by atoms with van der Waals surface area (Å²) in [6.45, 7) is 3.86. The van der Waals surface area contributed by atoms with Crippen molar-refractivity contribution in [3.8, 4) is 0 Å². The van der Waals surface area contributed by atoms with Crippen molar-refractivity contribution in [2.45, 2.75) is 63.7 Å². The maximum Gasteiger partial charge on any atom is 0.241 e. The second-order valence-electron chi connectivity index (χ2n) is 5.77. The summed E-state index contributed by atoms with van der Waals surface area (Å²) < 4.78 is 24.9. The Hall–Kier alpha value is -1.11. The van der Waals surface area contributed by atoms with Crippen LogP contribution < -0.4 is 11.1 Å². The number of primary amides is 1. The van der Waals surface area contributed by atoms with E-state index in [0.29, 0.717) is 12.8 Å². The second-order valence-corrected chi connectivity index (χ2v) is 8.09. The van der Waals surface area contributed by atoms with Crippen LogP contribution in [-0.2, 0) is 19.4 Å². The number of nitrogens with two attached hydrogens (primary N) is 1. The van der Waals surface area contributed by atoms with Crippen molar-refractivity contribution >= 4 is 21.7 Å². The third-order valence-corrected chi connectivity index (χ3v) is 6.02. The number of sulfone groups is 1. The molecule has 0 aromatic carbocycles. The lowest BCUT2D eigenvalue weighted by molar-refractivity contribution is -0.127. The molecule has 0 aromatic heterocycles. The Morgan fingerprint density at radius 1 is 1.19 bits per heavy atom. The highest BCUT2D eigenvalue weighted by Crippen LogP contribution is 2.29. The second kappa shape index (κ2) is 7.77. The third-order valence-electron chi connectivity index (χ3n) is 3.74. The van der Waals surface area contributed by atoms with Crippen LogP contribution in [0.3, 0.4) is 0 Å². The summed E-state index contributed by atoms with van der Waals surface area (Å²) in [5.74, 6) is -1.54. The fourth-order valence-electron chi connectivity index (χ4n) is 2.35. The predicted molar refractivity (Wildman–Crippen MR) is 81.2 cm³/mol. The van der Waals surface area contributed by atoms with Crippen LogP contribution in [0.1, 0.15) is 52.4 Å². The fraction of sp³-hybridized carbons (Fsp3) is 0.857. The molecule has 0 spiro atoms. The first kappa shape index (κ1) is 17.9. The maximum atomic E-state index is 12.4. The largest absolute Gasteiger partial charge is 0.368 e. The molecule has 0 saturated heterocycles. The lowest BCUT2D eigenvalue weighted by atomic mass is 10.2. The topological polar surface area (TPSA) is 106 Å². The Bertz CT molecular complexity index is 465. The zero-order valence-corrected chi connectivity index (χ0v) is 13.6. The van der Waals surface area contributed by atoms with E-state index in [1.807, 2.05) is 13.8 Å². The summed E-state index contributed by atoms with van der Waals surface area (Å²) >= 11 is 0. The summed E-state index contributed by atoms with van der Waals surface area (Å²) in [6, 6.07) is -1.13. The molecular formula is C14H26N2O4S. The molecule has 1 aliphatic rings. The van der Waals surface area contributed by atoms with Gasteiger partial charge in [0.15, 0.2) is 9.84 Å². The SMILES string of the molecule is CCCC(CCC)S(=O)(=O)C[C@@H](NC(=O)C1CC1)C(N)=O. The molecule has 1 aliphatic carbocycles. The molecule has 0 bridgehead atoms. The third kappa shape index (κ3) is 5.65. The van der Waals surface area contributed by atoms with Crippen molar-refractivity contribution in [3.63, 3.8) is 0 Å². The highest BCUT2D eigenvalue weighted by atomic mass is 32.2. The van der Waals surface area contributed by atoms with Gasteiger partial charge in [0.1, 0.15) is 6.04 Å². The van der Waals surface area contributed by atoms with E-state index >= 15 is 0 Å². The number of carbonyl (C=O) groups excluding carboxylic acids is 2. The highest BCUT2D eigenvalue weighted by molar-refractivity contribution is 7.92. The lowest BCUT2D eigenvalue weighted by Gasteiger charge is -2.20. The van der Waals surface area contributed by atoms with E-state index < -0.39 is 32.8 Å². The number of hydrogen-bond donors (Lipinski definition) is 2. The number of carbonyl (C=O) groups is 2. The molecule has 3 N–H and O–H groups in total. The summed E-state index contributed by atoms with van der Waals surface area (Å²) in [5.41, 5.74) is 5.24. The van der Waals surface area contributed by atoms with Crippen molar-refractivity contribution in [2.24, 2.45) is 11.7 Å². The summed E-state index contributed by atoms with van der Waals surface area (Å²) in [5, 5.41) is 2.02. The molecule has 1 rings (SSSR count).